The van der Waals surface area contributed by atoms with Crippen molar-refractivity contribution in [2.24, 2.45) is 5.73 Å². The van der Waals surface area contributed by atoms with Crippen molar-refractivity contribution >= 4 is 0 Å². The van der Waals surface area contributed by atoms with Crippen LogP contribution in [0.4, 0.5) is 8.78 Å². The number of nitrogens with two attached hydrogens (primary N) is 1. The molecule has 2 atom stereocenters. The zero-order chi connectivity index (χ0) is 16.8. The fourth-order valence-corrected chi connectivity index (χ4v) is 3.28. The Labute approximate surface area is 134 Å². The predicted octanol–water partition coefficient (Wildman–Crippen LogP) is 2.97. The Hall–Kier alpha value is -1.79. The molecule has 0 aliphatic carbocycles. The zero-order valence-corrected chi connectivity index (χ0v) is 13.3. The van der Waals surface area contributed by atoms with Gasteiger partial charge in [0.25, 0.3) is 0 Å². The lowest BCUT2D eigenvalue weighted by molar-refractivity contribution is 0.0690. The Morgan fingerprint density at radius 2 is 2.04 bits per heavy atom. The van der Waals surface area contributed by atoms with Crippen molar-refractivity contribution in [2.45, 2.75) is 50.8 Å². The Kier molecular flexibility index (Phi) is 3.98. The zero-order valence-electron chi connectivity index (χ0n) is 13.3. The second kappa shape index (κ2) is 5.69. The van der Waals surface area contributed by atoms with Gasteiger partial charge in [0.2, 0.25) is 0 Å². The summed E-state index contributed by atoms with van der Waals surface area (Å²) >= 11 is 0. The normalized spacial score (nSPS) is 21.8. The average Bonchev–Trinajstić information content (AvgIpc) is 2.83. The summed E-state index contributed by atoms with van der Waals surface area (Å²) in [4.78, 5) is 4.34. The summed E-state index contributed by atoms with van der Waals surface area (Å²) in [6, 6.07) is 3.96. The van der Waals surface area contributed by atoms with Crippen LogP contribution in [0.1, 0.15) is 55.7 Å². The van der Waals surface area contributed by atoms with Crippen LogP contribution in [-0.4, -0.2) is 14.7 Å². The van der Waals surface area contributed by atoms with Crippen molar-refractivity contribution in [1.82, 2.24) is 9.55 Å². The lowest BCUT2D eigenvalue weighted by atomic mass is 9.92. The van der Waals surface area contributed by atoms with Crippen LogP contribution in [0.25, 0.3) is 0 Å². The van der Waals surface area contributed by atoms with Gasteiger partial charge in [0.1, 0.15) is 11.4 Å². The second-order valence-electron chi connectivity index (χ2n) is 6.70. The minimum atomic E-state index is -1.08. The lowest BCUT2D eigenvalue weighted by Crippen LogP contribution is -2.24. The van der Waals surface area contributed by atoms with Crippen molar-refractivity contribution in [3.8, 4) is 0 Å². The number of benzene rings is 1. The van der Waals surface area contributed by atoms with Gasteiger partial charge in [-0.2, -0.15) is 0 Å². The largest absolute Gasteiger partial charge is 0.384 e. The molecular weight excluding hydrogens is 300 g/mol. The molecule has 3 N–H and O–H groups in total. The summed E-state index contributed by atoms with van der Waals surface area (Å²) in [6.45, 7) is 3.76. The first kappa shape index (κ1) is 16.1. The molecule has 1 aromatic carbocycles. The Bertz CT molecular complexity index is 721. The van der Waals surface area contributed by atoms with Crippen LogP contribution in [0.5, 0.6) is 0 Å². The number of aromatic nitrogens is 2. The topological polar surface area (TPSA) is 64.1 Å². The van der Waals surface area contributed by atoms with Crippen LogP contribution in [0.3, 0.4) is 0 Å². The minimum absolute atomic E-state index is 0.215. The molecule has 0 unspecified atom stereocenters. The Balaban J connectivity index is 2.05. The highest BCUT2D eigenvalue weighted by molar-refractivity contribution is 5.25. The molecule has 0 bridgehead atoms. The van der Waals surface area contributed by atoms with Gasteiger partial charge in [-0.05, 0) is 38.3 Å². The molecule has 0 saturated heterocycles. The molecule has 1 aliphatic rings. The van der Waals surface area contributed by atoms with E-state index in [4.69, 9.17) is 5.73 Å². The monoisotopic (exact) mass is 321 g/mol. The van der Waals surface area contributed by atoms with Gasteiger partial charge >= 0.3 is 0 Å². The molecule has 0 amide bonds. The maximum absolute atomic E-state index is 14.2. The SMILES string of the molecule is CC(C)(O)c1cnc2n1C[C@H](c1cccc(F)c1F)CC[C@H]2N. The van der Waals surface area contributed by atoms with E-state index in [1.165, 1.54) is 6.07 Å². The van der Waals surface area contributed by atoms with Gasteiger partial charge in [-0.3, -0.25) is 0 Å². The molecule has 6 heteroatoms. The van der Waals surface area contributed by atoms with Gasteiger partial charge in [0.15, 0.2) is 11.6 Å². The maximum Gasteiger partial charge on any atom is 0.162 e. The Morgan fingerprint density at radius 1 is 1.30 bits per heavy atom. The molecule has 0 fully saturated rings. The third-order valence-corrected chi connectivity index (χ3v) is 4.50. The standard InChI is InChI=1S/C17H21F2N3O/c1-17(2,23)14-8-21-16-13(20)7-6-10(9-22(14)16)11-4-3-5-12(18)15(11)19/h3-5,8,10,13,23H,6-7,9,20H2,1-2H3/t10-,13-/m1/s1. The van der Waals surface area contributed by atoms with E-state index in [9.17, 15) is 13.9 Å². The molecule has 23 heavy (non-hydrogen) atoms. The summed E-state index contributed by atoms with van der Waals surface area (Å²) in [6.07, 6.45) is 2.87. The first-order valence-corrected chi connectivity index (χ1v) is 7.76. The van der Waals surface area contributed by atoms with Crippen LogP contribution in [0, 0.1) is 11.6 Å². The number of hydrogen-bond acceptors (Lipinski definition) is 3. The first-order chi connectivity index (χ1) is 10.8. The van der Waals surface area contributed by atoms with Gasteiger partial charge in [-0.25, -0.2) is 13.8 Å². The van der Waals surface area contributed by atoms with E-state index in [-0.39, 0.29) is 12.0 Å². The molecule has 3 rings (SSSR count). The molecule has 2 aromatic rings. The van der Waals surface area contributed by atoms with Crippen molar-refractivity contribution in [3.63, 3.8) is 0 Å². The van der Waals surface area contributed by atoms with Crippen LogP contribution in [0.15, 0.2) is 24.4 Å². The van der Waals surface area contributed by atoms with E-state index < -0.39 is 17.2 Å². The minimum Gasteiger partial charge on any atom is -0.384 e. The van der Waals surface area contributed by atoms with Crippen LogP contribution < -0.4 is 5.73 Å². The molecule has 1 aliphatic heterocycles. The number of hydrogen-bond donors (Lipinski definition) is 2. The summed E-state index contributed by atoms with van der Waals surface area (Å²) in [7, 11) is 0. The van der Waals surface area contributed by atoms with Crippen molar-refractivity contribution in [1.29, 1.82) is 0 Å². The van der Waals surface area contributed by atoms with E-state index >= 15 is 0 Å². The second-order valence-corrected chi connectivity index (χ2v) is 6.70. The number of halogens is 2. The number of aliphatic hydroxyl groups is 1. The van der Waals surface area contributed by atoms with Crippen LogP contribution >= 0.6 is 0 Å². The first-order valence-electron chi connectivity index (χ1n) is 7.76. The van der Waals surface area contributed by atoms with Crippen molar-refractivity contribution in [3.05, 3.63) is 53.1 Å². The molecule has 2 heterocycles. The molecule has 0 radical (unpaired) electrons. The quantitative estimate of drug-likeness (QED) is 0.894. The van der Waals surface area contributed by atoms with Gasteiger partial charge in [-0.1, -0.05) is 12.1 Å². The average molecular weight is 321 g/mol. The number of imidazole rings is 1. The molecule has 4 nitrogen and oxygen atoms in total. The molecule has 0 spiro atoms. The van der Waals surface area contributed by atoms with Crippen LogP contribution in [0.2, 0.25) is 0 Å². The van der Waals surface area contributed by atoms with Gasteiger partial charge in [0, 0.05) is 12.5 Å². The van der Waals surface area contributed by atoms with E-state index in [1.54, 1.807) is 26.1 Å². The predicted molar refractivity (Wildman–Crippen MR) is 82.7 cm³/mol. The van der Waals surface area contributed by atoms with Crippen molar-refractivity contribution < 1.29 is 13.9 Å². The van der Waals surface area contributed by atoms with Crippen molar-refractivity contribution in [2.75, 3.05) is 0 Å². The fraction of sp³-hybridized carbons (Fsp3) is 0.471. The molecular formula is C17H21F2N3O. The highest BCUT2D eigenvalue weighted by Gasteiger charge is 2.31. The van der Waals surface area contributed by atoms with Gasteiger partial charge in [0.05, 0.1) is 17.9 Å². The lowest BCUT2D eigenvalue weighted by Gasteiger charge is -2.23. The van der Waals surface area contributed by atoms with Gasteiger partial charge < -0.3 is 15.4 Å². The third kappa shape index (κ3) is 2.88. The summed E-state index contributed by atoms with van der Waals surface area (Å²) < 4.78 is 29.6. The maximum atomic E-state index is 14.2. The van der Waals surface area contributed by atoms with Gasteiger partial charge in [-0.15, -0.1) is 0 Å². The third-order valence-electron chi connectivity index (χ3n) is 4.50. The summed E-state index contributed by atoms with van der Waals surface area (Å²) in [5.41, 5.74) is 6.07. The van der Waals surface area contributed by atoms with E-state index in [1.807, 2.05) is 4.57 Å². The number of nitrogens with zero attached hydrogens (tertiary/aromatic N) is 2. The highest BCUT2D eigenvalue weighted by Crippen LogP contribution is 2.35. The summed E-state index contributed by atoms with van der Waals surface area (Å²) in [5.74, 6) is -1.18. The number of fused-ring (bicyclic) bond motifs is 1. The number of rotatable bonds is 2. The molecule has 1 aromatic heterocycles. The van der Waals surface area contributed by atoms with E-state index in [0.29, 0.717) is 36.5 Å². The Morgan fingerprint density at radius 3 is 2.74 bits per heavy atom. The smallest absolute Gasteiger partial charge is 0.162 e. The van der Waals surface area contributed by atoms with E-state index in [2.05, 4.69) is 4.98 Å². The fourth-order valence-electron chi connectivity index (χ4n) is 3.28. The molecule has 124 valence electrons. The molecule has 0 saturated carbocycles. The highest BCUT2D eigenvalue weighted by atomic mass is 19.2. The van der Waals surface area contributed by atoms with E-state index in [0.717, 1.165) is 6.07 Å². The summed E-state index contributed by atoms with van der Waals surface area (Å²) in [5, 5.41) is 10.3. The van der Waals surface area contributed by atoms with Crippen LogP contribution in [-0.2, 0) is 12.1 Å².